The van der Waals surface area contributed by atoms with E-state index in [0.717, 1.165) is 5.56 Å². The van der Waals surface area contributed by atoms with E-state index in [4.69, 9.17) is 4.74 Å². The Hall–Kier alpha value is -3.15. The van der Waals surface area contributed by atoms with Crippen LogP contribution in [-0.2, 0) is 0 Å². The topological polar surface area (TPSA) is 89.7 Å². The summed E-state index contributed by atoms with van der Waals surface area (Å²) in [5.74, 6) is -0.791. The van der Waals surface area contributed by atoms with E-state index >= 15 is 0 Å². The van der Waals surface area contributed by atoms with Crippen LogP contribution in [0.3, 0.4) is 0 Å². The number of allylic oxidation sites excluding steroid dienone is 1. The molecule has 0 fully saturated rings. The van der Waals surface area contributed by atoms with Gasteiger partial charge in [0.05, 0.1) is 12.0 Å². The molecule has 0 aliphatic rings. The fourth-order valence-corrected chi connectivity index (χ4v) is 1.99. The van der Waals surface area contributed by atoms with Gasteiger partial charge in [-0.2, -0.15) is 0 Å². The molecule has 0 bridgehead atoms. The van der Waals surface area contributed by atoms with Crippen molar-refractivity contribution in [3.8, 4) is 11.5 Å². The molecular formula is C17H15NO5. The van der Waals surface area contributed by atoms with Gasteiger partial charge in [0.15, 0.2) is 11.5 Å². The number of ether oxygens (including phenoxy) is 1. The zero-order valence-corrected chi connectivity index (χ0v) is 12.6. The predicted molar refractivity (Wildman–Crippen MR) is 85.9 cm³/mol. The number of aryl methyl sites for hydroxylation is 1. The van der Waals surface area contributed by atoms with E-state index in [1.165, 1.54) is 31.4 Å². The first-order valence-corrected chi connectivity index (χ1v) is 6.77. The normalized spacial score (nSPS) is 10.7. The van der Waals surface area contributed by atoms with Crippen LogP contribution in [0, 0.1) is 17.0 Å². The number of aromatic hydroxyl groups is 1. The molecule has 0 saturated heterocycles. The average Bonchev–Trinajstić information content (AvgIpc) is 2.53. The maximum Gasteiger partial charge on any atom is 0.315 e. The SMILES string of the molecule is COc1cc(/C=C/C(=O)c2ccc(C)cc2)cc([N+](=O)[O-])c1O. The molecule has 6 heteroatoms. The zero-order chi connectivity index (χ0) is 17.0. The van der Waals surface area contributed by atoms with Gasteiger partial charge in [0.1, 0.15) is 0 Å². The van der Waals surface area contributed by atoms with Crippen LogP contribution in [0.25, 0.3) is 6.08 Å². The lowest BCUT2D eigenvalue weighted by molar-refractivity contribution is -0.386. The highest BCUT2D eigenvalue weighted by atomic mass is 16.6. The highest BCUT2D eigenvalue weighted by Crippen LogP contribution is 2.37. The van der Waals surface area contributed by atoms with Gasteiger partial charge in [-0.15, -0.1) is 0 Å². The van der Waals surface area contributed by atoms with Crippen LogP contribution in [-0.4, -0.2) is 22.9 Å². The minimum Gasteiger partial charge on any atom is -0.500 e. The van der Waals surface area contributed by atoms with E-state index in [1.54, 1.807) is 12.1 Å². The Bertz CT molecular complexity index is 778. The van der Waals surface area contributed by atoms with Crippen LogP contribution in [0.5, 0.6) is 11.5 Å². The summed E-state index contributed by atoms with van der Waals surface area (Å²) in [6, 6.07) is 9.67. The third kappa shape index (κ3) is 3.74. The maximum atomic E-state index is 12.1. The molecule has 0 aliphatic heterocycles. The Labute approximate surface area is 132 Å². The lowest BCUT2D eigenvalue weighted by Gasteiger charge is -2.05. The molecule has 0 atom stereocenters. The Balaban J connectivity index is 2.32. The summed E-state index contributed by atoms with van der Waals surface area (Å²) in [5.41, 5.74) is 1.47. The largest absolute Gasteiger partial charge is 0.500 e. The fourth-order valence-electron chi connectivity index (χ4n) is 1.99. The number of ketones is 1. The van der Waals surface area contributed by atoms with Gasteiger partial charge in [-0.05, 0) is 24.6 Å². The molecule has 6 nitrogen and oxygen atoms in total. The first kappa shape index (κ1) is 16.2. The molecular weight excluding hydrogens is 298 g/mol. The summed E-state index contributed by atoms with van der Waals surface area (Å²) < 4.78 is 4.91. The number of carbonyl (C=O) groups excluding carboxylic acids is 1. The third-order valence-electron chi connectivity index (χ3n) is 3.26. The number of hydrogen-bond acceptors (Lipinski definition) is 5. The first-order valence-electron chi connectivity index (χ1n) is 6.77. The molecule has 118 valence electrons. The first-order chi connectivity index (χ1) is 10.9. The molecule has 23 heavy (non-hydrogen) atoms. The number of carbonyl (C=O) groups is 1. The molecule has 0 aromatic heterocycles. The number of methoxy groups -OCH3 is 1. The van der Waals surface area contributed by atoms with Crippen molar-refractivity contribution in [1.82, 2.24) is 0 Å². The van der Waals surface area contributed by atoms with Gasteiger partial charge >= 0.3 is 5.69 Å². The van der Waals surface area contributed by atoms with Crippen LogP contribution >= 0.6 is 0 Å². The third-order valence-corrected chi connectivity index (χ3v) is 3.26. The number of phenolic OH excluding ortho intramolecular Hbond substituents is 1. The van der Waals surface area contributed by atoms with Gasteiger partial charge in [0.2, 0.25) is 5.75 Å². The summed E-state index contributed by atoms with van der Waals surface area (Å²) in [6.07, 6.45) is 2.76. The molecule has 2 aromatic carbocycles. The number of rotatable bonds is 5. The number of nitro benzene ring substituents is 1. The Morgan fingerprint density at radius 1 is 1.26 bits per heavy atom. The second kappa shape index (κ2) is 6.74. The highest BCUT2D eigenvalue weighted by Gasteiger charge is 2.19. The van der Waals surface area contributed by atoms with Crippen molar-refractivity contribution in [3.63, 3.8) is 0 Å². The summed E-state index contributed by atoms with van der Waals surface area (Å²) >= 11 is 0. The molecule has 0 aliphatic carbocycles. The van der Waals surface area contributed by atoms with Crippen molar-refractivity contribution in [1.29, 1.82) is 0 Å². The quantitative estimate of drug-likeness (QED) is 0.395. The average molecular weight is 313 g/mol. The van der Waals surface area contributed by atoms with Gasteiger partial charge in [0, 0.05) is 11.6 Å². The van der Waals surface area contributed by atoms with Crippen LogP contribution in [0.1, 0.15) is 21.5 Å². The van der Waals surface area contributed by atoms with Crippen LogP contribution in [0.2, 0.25) is 0 Å². The minimum atomic E-state index is -0.711. The van der Waals surface area contributed by atoms with Gasteiger partial charge in [-0.1, -0.05) is 35.9 Å². The molecule has 2 rings (SSSR count). The van der Waals surface area contributed by atoms with Crippen LogP contribution < -0.4 is 4.74 Å². The number of hydrogen-bond donors (Lipinski definition) is 1. The fraction of sp³-hybridized carbons (Fsp3) is 0.118. The zero-order valence-electron chi connectivity index (χ0n) is 12.6. The lowest BCUT2D eigenvalue weighted by Crippen LogP contribution is -1.95. The van der Waals surface area contributed by atoms with Gasteiger partial charge in [-0.25, -0.2) is 0 Å². The van der Waals surface area contributed by atoms with E-state index in [1.807, 2.05) is 19.1 Å². The van der Waals surface area contributed by atoms with Crippen LogP contribution in [0.15, 0.2) is 42.5 Å². The monoisotopic (exact) mass is 313 g/mol. The van der Waals surface area contributed by atoms with Gasteiger partial charge < -0.3 is 9.84 Å². The lowest BCUT2D eigenvalue weighted by atomic mass is 10.1. The van der Waals surface area contributed by atoms with E-state index in [9.17, 15) is 20.0 Å². The second-order valence-electron chi connectivity index (χ2n) is 4.91. The molecule has 0 saturated carbocycles. The van der Waals surface area contributed by atoms with Crippen molar-refractivity contribution in [2.24, 2.45) is 0 Å². The van der Waals surface area contributed by atoms with Crippen molar-refractivity contribution in [2.75, 3.05) is 7.11 Å². The van der Waals surface area contributed by atoms with E-state index in [0.29, 0.717) is 11.1 Å². The van der Waals surface area contributed by atoms with Crippen molar-refractivity contribution < 1.29 is 19.6 Å². The molecule has 0 heterocycles. The summed E-state index contributed by atoms with van der Waals surface area (Å²) in [6.45, 7) is 1.92. The summed E-state index contributed by atoms with van der Waals surface area (Å²) in [7, 11) is 1.30. The summed E-state index contributed by atoms with van der Waals surface area (Å²) in [4.78, 5) is 22.3. The number of nitro groups is 1. The van der Waals surface area contributed by atoms with E-state index < -0.39 is 16.4 Å². The molecule has 1 N–H and O–H groups in total. The summed E-state index contributed by atoms with van der Waals surface area (Å²) in [5, 5.41) is 20.6. The smallest absolute Gasteiger partial charge is 0.315 e. The van der Waals surface area contributed by atoms with Gasteiger partial charge in [0.25, 0.3) is 0 Å². The molecule has 0 unspecified atom stereocenters. The number of phenols is 1. The Morgan fingerprint density at radius 3 is 2.48 bits per heavy atom. The number of nitrogens with zero attached hydrogens (tertiary/aromatic N) is 1. The number of benzene rings is 2. The Morgan fingerprint density at radius 2 is 1.91 bits per heavy atom. The molecule has 0 amide bonds. The van der Waals surface area contributed by atoms with E-state index in [2.05, 4.69) is 0 Å². The second-order valence-corrected chi connectivity index (χ2v) is 4.91. The van der Waals surface area contributed by atoms with Gasteiger partial charge in [-0.3, -0.25) is 14.9 Å². The Kier molecular flexibility index (Phi) is 4.75. The molecule has 0 radical (unpaired) electrons. The predicted octanol–water partition coefficient (Wildman–Crippen LogP) is 3.51. The highest BCUT2D eigenvalue weighted by molar-refractivity contribution is 6.06. The molecule has 0 spiro atoms. The molecule has 2 aromatic rings. The standard InChI is InChI=1S/C17H15NO5/c1-11-3-6-13(7-4-11)15(19)8-5-12-9-14(18(21)22)17(20)16(10-12)23-2/h3-10,20H,1-2H3/b8-5+. The minimum absolute atomic E-state index is 0.0263. The maximum absolute atomic E-state index is 12.1. The van der Waals surface area contributed by atoms with E-state index in [-0.39, 0.29) is 11.5 Å². The van der Waals surface area contributed by atoms with Crippen molar-refractivity contribution in [3.05, 3.63) is 69.3 Å². The van der Waals surface area contributed by atoms with Crippen molar-refractivity contribution in [2.45, 2.75) is 6.92 Å². The van der Waals surface area contributed by atoms with Crippen LogP contribution in [0.4, 0.5) is 5.69 Å². The van der Waals surface area contributed by atoms with Crippen molar-refractivity contribution >= 4 is 17.5 Å².